The molecule has 0 aromatic heterocycles. The van der Waals surface area contributed by atoms with Gasteiger partial charge in [-0.3, -0.25) is 4.79 Å². The van der Waals surface area contributed by atoms with Gasteiger partial charge < -0.3 is 0 Å². The second kappa shape index (κ2) is 6.80. The summed E-state index contributed by atoms with van der Waals surface area (Å²) < 4.78 is 0. The molecule has 0 atom stereocenters. The van der Waals surface area contributed by atoms with Crippen LogP contribution in [-0.4, -0.2) is 5.78 Å². The molecule has 0 radical (unpaired) electrons. The zero-order valence-electron chi connectivity index (χ0n) is 9.13. The molecule has 0 aliphatic heterocycles. The number of ketones is 1. The van der Waals surface area contributed by atoms with E-state index in [0.29, 0.717) is 12.2 Å². The van der Waals surface area contributed by atoms with Crippen LogP contribution in [0.1, 0.15) is 57.8 Å². The summed E-state index contributed by atoms with van der Waals surface area (Å²) in [6.07, 6.45) is 12.2. The average molecular weight is 194 g/mol. The minimum Gasteiger partial charge on any atom is -0.300 e. The average Bonchev–Trinajstić information content (AvgIpc) is 2.25. The molecule has 1 saturated carbocycles. The number of hydrogen-bond acceptors (Lipinski definition) is 1. The lowest BCUT2D eigenvalue weighted by molar-refractivity contribution is -0.119. The van der Waals surface area contributed by atoms with E-state index in [1.54, 1.807) is 0 Å². The molecule has 0 aromatic carbocycles. The van der Waals surface area contributed by atoms with Gasteiger partial charge in [-0.05, 0) is 18.8 Å². The van der Waals surface area contributed by atoms with Gasteiger partial charge in [0.1, 0.15) is 5.78 Å². The lowest BCUT2D eigenvalue weighted by Crippen LogP contribution is -2.08. The molecule has 1 nitrogen and oxygen atoms in total. The highest BCUT2D eigenvalue weighted by molar-refractivity contribution is 5.78. The first kappa shape index (κ1) is 11.5. The summed E-state index contributed by atoms with van der Waals surface area (Å²) in [5, 5.41) is 0. The lowest BCUT2D eigenvalue weighted by Gasteiger charge is -2.20. The summed E-state index contributed by atoms with van der Waals surface area (Å²) in [4.78, 5) is 11.4. The number of Topliss-reactive ketones (excluding diaryl/α,β-unsaturated/α-hetero) is 1. The van der Waals surface area contributed by atoms with Crippen LogP contribution in [0.15, 0.2) is 12.7 Å². The van der Waals surface area contributed by atoms with Crippen LogP contribution < -0.4 is 0 Å². The SMILES string of the molecule is C=CCCC(=O)CCC1CCCCC1. The van der Waals surface area contributed by atoms with Gasteiger partial charge in [0.2, 0.25) is 0 Å². The van der Waals surface area contributed by atoms with Gasteiger partial charge >= 0.3 is 0 Å². The fourth-order valence-electron chi connectivity index (χ4n) is 2.23. The molecule has 0 heterocycles. The Morgan fingerprint density at radius 2 is 1.93 bits per heavy atom. The van der Waals surface area contributed by atoms with Crippen LogP contribution in [0.25, 0.3) is 0 Å². The first-order chi connectivity index (χ1) is 6.83. The molecule has 14 heavy (non-hydrogen) atoms. The molecular formula is C13H22O. The fourth-order valence-corrected chi connectivity index (χ4v) is 2.23. The monoisotopic (exact) mass is 194 g/mol. The Bertz CT molecular complexity index is 178. The number of allylic oxidation sites excluding steroid dienone is 1. The highest BCUT2D eigenvalue weighted by Crippen LogP contribution is 2.27. The van der Waals surface area contributed by atoms with E-state index < -0.39 is 0 Å². The fraction of sp³-hybridized carbons (Fsp3) is 0.769. The Kier molecular flexibility index (Phi) is 5.58. The molecule has 1 aliphatic carbocycles. The van der Waals surface area contributed by atoms with Crippen LogP contribution in [-0.2, 0) is 4.79 Å². The Balaban J connectivity index is 2.06. The molecule has 0 spiro atoms. The molecule has 80 valence electrons. The molecular weight excluding hydrogens is 172 g/mol. The van der Waals surface area contributed by atoms with E-state index in [2.05, 4.69) is 6.58 Å². The Labute approximate surface area is 87.6 Å². The molecule has 0 amide bonds. The van der Waals surface area contributed by atoms with Gasteiger partial charge in [-0.25, -0.2) is 0 Å². The van der Waals surface area contributed by atoms with Gasteiger partial charge in [0, 0.05) is 12.8 Å². The normalized spacial score (nSPS) is 18.0. The van der Waals surface area contributed by atoms with E-state index in [1.807, 2.05) is 6.08 Å². The van der Waals surface area contributed by atoms with Crippen molar-refractivity contribution >= 4 is 5.78 Å². The zero-order chi connectivity index (χ0) is 10.2. The third-order valence-corrected chi connectivity index (χ3v) is 3.18. The molecule has 0 saturated heterocycles. The van der Waals surface area contributed by atoms with Crippen molar-refractivity contribution in [3.63, 3.8) is 0 Å². The first-order valence-electron chi connectivity index (χ1n) is 5.95. The molecule has 1 heteroatoms. The highest BCUT2D eigenvalue weighted by atomic mass is 16.1. The van der Waals surface area contributed by atoms with Crippen molar-refractivity contribution in [2.75, 3.05) is 0 Å². The summed E-state index contributed by atoms with van der Waals surface area (Å²) in [6.45, 7) is 3.63. The molecule has 0 bridgehead atoms. The number of hydrogen-bond donors (Lipinski definition) is 0. The minimum absolute atomic E-state index is 0.426. The van der Waals surface area contributed by atoms with Crippen molar-refractivity contribution in [1.29, 1.82) is 0 Å². The van der Waals surface area contributed by atoms with E-state index in [9.17, 15) is 4.79 Å². The van der Waals surface area contributed by atoms with Gasteiger partial charge in [0.05, 0.1) is 0 Å². The smallest absolute Gasteiger partial charge is 0.133 e. The van der Waals surface area contributed by atoms with Crippen LogP contribution in [0.3, 0.4) is 0 Å². The largest absolute Gasteiger partial charge is 0.300 e. The second-order valence-electron chi connectivity index (χ2n) is 4.41. The summed E-state index contributed by atoms with van der Waals surface area (Å²) in [5.41, 5.74) is 0. The minimum atomic E-state index is 0.426. The maximum atomic E-state index is 11.4. The van der Waals surface area contributed by atoms with E-state index >= 15 is 0 Å². The van der Waals surface area contributed by atoms with Gasteiger partial charge in [-0.15, -0.1) is 6.58 Å². The standard InChI is InChI=1S/C13H22O/c1-2-3-9-13(14)11-10-12-7-5-4-6-8-12/h2,12H,1,3-11H2. The lowest BCUT2D eigenvalue weighted by atomic mass is 9.85. The molecule has 1 aliphatic rings. The molecule has 0 aromatic rings. The summed E-state index contributed by atoms with van der Waals surface area (Å²) >= 11 is 0. The quantitative estimate of drug-likeness (QED) is 0.586. The van der Waals surface area contributed by atoms with Gasteiger partial charge in [0.25, 0.3) is 0 Å². The highest BCUT2D eigenvalue weighted by Gasteiger charge is 2.14. The van der Waals surface area contributed by atoms with Crippen molar-refractivity contribution in [3.05, 3.63) is 12.7 Å². The van der Waals surface area contributed by atoms with Gasteiger partial charge in [-0.1, -0.05) is 38.2 Å². The van der Waals surface area contributed by atoms with E-state index in [1.165, 1.54) is 32.1 Å². The second-order valence-corrected chi connectivity index (χ2v) is 4.41. The van der Waals surface area contributed by atoms with Gasteiger partial charge in [0.15, 0.2) is 0 Å². The number of rotatable bonds is 6. The van der Waals surface area contributed by atoms with Crippen LogP contribution in [0, 0.1) is 5.92 Å². The summed E-state index contributed by atoms with van der Waals surface area (Å²) in [5.74, 6) is 1.27. The Hall–Kier alpha value is -0.590. The predicted octanol–water partition coefficient (Wildman–Crippen LogP) is 3.88. The van der Waals surface area contributed by atoms with E-state index in [0.717, 1.165) is 25.2 Å². The van der Waals surface area contributed by atoms with Crippen molar-refractivity contribution in [3.8, 4) is 0 Å². The molecule has 1 rings (SSSR count). The van der Waals surface area contributed by atoms with Crippen LogP contribution in [0.5, 0.6) is 0 Å². The maximum absolute atomic E-state index is 11.4. The van der Waals surface area contributed by atoms with Crippen LogP contribution in [0.4, 0.5) is 0 Å². The van der Waals surface area contributed by atoms with Crippen LogP contribution >= 0.6 is 0 Å². The van der Waals surface area contributed by atoms with Crippen molar-refractivity contribution < 1.29 is 4.79 Å². The topological polar surface area (TPSA) is 17.1 Å². The van der Waals surface area contributed by atoms with Gasteiger partial charge in [-0.2, -0.15) is 0 Å². The van der Waals surface area contributed by atoms with Crippen LogP contribution in [0.2, 0.25) is 0 Å². The third kappa shape index (κ3) is 4.59. The zero-order valence-corrected chi connectivity index (χ0v) is 9.13. The Morgan fingerprint density at radius 3 is 2.57 bits per heavy atom. The van der Waals surface area contributed by atoms with Crippen molar-refractivity contribution in [1.82, 2.24) is 0 Å². The van der Waals surface area contributed by atoms with Crippen molar-refractivity contribution in [2.24, 2.45) is 5.92 Å². The first-order valence-corrected chi connectivity index (χ1v) is 5.95. The number of carbonyl (C=O) groups excluding carboxylic acids is 1. The maximum Gasteiger partial charge on any atom is 0.133 e. The molecule has 1 fully saturated rings. The Morgan fingerprint density at radius 1 is 1.21 bits per heavy atom. The summed E-state index contributed by atoms with van der Waals surface area (Å²) in [6, 6.07) is 0. The van der Waals surface area contributed by atoms with E-state index in [-0.39, 0.29) is 0 Å². The van der Waals surface area contributed by atoms with Crippen molar-refractivity contribution in [2.45, 2.75) is 57.8 Å². The third-order valence-electron chi connectivity index (χ3n) is 3.18. The molecule has 0 N–H and O–H groups in total. The molecule has 0 unspecified atom stereocenters. The summed E-state index contributed by atoms with van der Waals surface area (Å²) in [7, 11) is 0. The predicted molar refractivity (Wildman–Crippen MR) is 60.2 cm³/mol. The number of carbonyl (C=O) groups is 1. The van der Waals surface area contributed by atoms with E-state index in [4.69, 9.17) is 0 Å².